The van der Waals surface area contributed by atoms with Crippen molar-refractivity contribution in [3.8, 4) is 11.8 Å². The maximum Gasteiger partial charge on any atom is 0.185 e. The molecule has 1 aromatic carbocycles. The highest BCUT2D eigenvalue weighted by Gasteiger charge is 2.11. The van der Waals surface area contributed by atoms with Gasteiger partial charge in [-0.15, -0.1) is 5.10 Å². The lowest BCUT2D eigenvalue weighted by Crippen LogP contribution is -2.08. The van der Waals surface area contributed by atoms with Crippen molar-refractivity contribution < 1.29 is 4.74 Å². The number of rotatable bonds is 8. The van der Waals surface area contributed by atoms with Gasteiger partial charge in [-0.3, -0.25) is 0 Å². The predicted molar refractivity (Wildman–Crippen MR) is 79.9 cm³/mol. The average molecular weight is 284 g/mol. The molecule has 5 nitrogen and oxygen atoms in total. The molecule has 0 aliphatic rings. The summed E-state index contributed by atoms with van der Waals surface area (Å²) in [5.41, 5.74) is 1.36. The molecule has 0 spiro atoms. The fourth-order valence-corrected chi connectivity index (χ4v) is 2.10. The summed E-state index contributed by atoms with van der Waals surface area (Å²) in [4.78, 5) is 0. The van der Waals surface area contributed by atoms with Crippen LogP contribution in [-0.4, -0.2) is 21.6 Å². The fourth-order valence-electron chi connectivity index (χ4n) is 2.10. The molecule has 2 rings (SSSR count). The van der Waals surface area contributed by atoms with Crippen molar-refractivity contribution in [2.24, 2.45) is 0 Å². The van der Waals surface area contributed by atoms with E-state index in [1.807, 2.05) is 35.0 Å². The second-order valence-electron chi connectivity index (χ2n) is 4.84. The number of nitriles is 1. The molecular formula is C16H20N4O. The Kier molecular flexibility index (Phi) is 5.77. The highest BCUT2D eigenvalue weighted by molar-refractivity contribution is 5.25. The molecule has 110 valence electrons. The van der Waals surface area contributed by atoms with Crippen molar-refractivity contribution in [3.05, 3.63) is 41.7 Å². The molecule has 0 fully saturated rings. The van der Waals surface area contributed by atoms with Gasteiger partial charge in [-0.2, -0.15) is 5.26 Å². The van der Waals surface area contributed by atoms with Gasteiger partial charge in [-0.1, -0.05) is 36.8 Å². The molecule has 0 amide bonds. The Morgan fingerprint density at radius 1 is 1.24 bits per heavy atom. The van der Waals surface area contributed by atoms with Crippen LogP contribution in [0.15, 0.2) is 30.3 Å². The van der Waals surface area contributed by atoms with Crippen LogP contribution in [0.4, 0.5) is 0 Å². The second-order valence-corrected chi connectivity index (χ2v) is 4.84. The van der Waals surface area contributed by atoms with Crippen LogP contribution in [0.25, 0.3) is 0 Å². The minimum Gasteiger partial charge on any atom is -0.494 e. The number of unbranched alkanes of at least 4 members (excludes halogenated alkanes) is 1. The van der Waals surface area contributed by atoms with E-state index in [0.717, 1.165) is 43.7 Å². The summed E-state index contributed by atoms with van der Waals surface area (Å²) in [6, 6.07) is 11.9. The first-order chi connectivity index (χ1) is 10.3. The summed E-state index contributed by atoms with van der Waals surface area (Å²) in [6.45, 7) is 3.57. The summed E-state index contributed by atoms with van der Waals surface area (Å²) >= 11 is 0. The number of hydrogen-bond acceptors (Lipinski definition) is 4. The summed E-state index contributed by atoms with van der Waals surface area (Å²) in [5.74, 6) is 0.871. The van der Waals surface area contributed by atoms with E-state index in [1.54, 1.807) is 0 Å². The summed E-state index contributed by atoms with van der Waals surface area (Å²) in [7, 11) is 0. The lowest BCUT2D eigenvalue weighted by Gasteiger charge is -2.07. The molecule has 0 radical (unpaired) electrons. The monoisotopic (exact) mass is 284 g/mol. The summed E-state index contributed by atoms with van der Waals surface area (Å²) < 4.78 is 7.52. The third kappa shape index (κ3) is 4.32. The molecule has 0 aliphatic carbocycles. The van der Waals surface area contributed by atoms with Gasteiger partial charge >= 0.3 is 0 Å². The number of para-hydroxylation sites is 1. The molecule has 2 aromatic rings. The third-order valence-corrected chi connectivity index (χ3v) is 3.24. The van der Waals surface area contributed by atoms with Crippen molar-refractivity contribution >= 4 is 0 Å². The maximum absolute atomic E-state index is 9.09. The SMILES string of the molecule is CCCCn1nnc(C#N)c1CCCOc1ccccc1. The van der Waals surface area contributed by atoms with E-state index in [1.165, 1.54) is 0 Å². The minimum atomic E-state index is 0.436. The molecule has 1 aromatic heterocycles. The number of aromatic nitrogens is 3. The van der Waals surface area contributed by atoms with Gasteiger partial charge in [-0.05, 0) is 31.4 Å². The van der Waals surface area contributed by atoms with Crippen LogP contribution in [0, 0.1) is 11.3 Å². The Labute approximate surface area is 125 Å². The van der Waals surface area contributed by atoms with Gasteiger partial charge in [0, 0.05) is 6.54 Å². The molecule has 0 N–H and O–H groups in total. The Morgan fingerprint density at radius 2 is 2.05 bits per heavy atom. The first-order valence-corrected chi connectivity index (χ1v) is 7.35. The predicted octanol–water partition coefficient (Wildman–Crippen LogP) is 2.96. The zero-order valence-corrected chi connectivity index (χ0v) is 12.3. The van der Waals surface area contributed by atoms with Gasteiger partial charge in [0.25, 0.3) is 0 Å². The highest BCUT2D eigenvalue weighted by Crippen LogP contribution is 2.11. The highest BCUT2D eigenvalue weighted by atomic mass is 16.5. The van der Waals surface area contributed by atoms with Crippen molar-refractivity contribution in [3.63, 3.8) is 0 Å². The maximum atomic E-state index is 9.09. The quantitative estimate of drug-likeness (QED) is 0.699. The first kappa shape index (κ1) is 15.0. The number of ether oxygens (including phenoxy) is 1. The van der Waals surface area contributed by atoms with Gasteiger partial charge in [-0.25, -0.2) is 4.68 Å². The van der Waals surface area contributed by atoms with Crippen LogP contribution in [0.3, 0.4) is 0 Å². The molecule has 0 aliphatic heterocycles. The van der Waals surface area contributed by atoms with Gasteiger partial charge in [0.2, 0.25) is 0 Å². The number of benzene rings is 1. The molecule has 21 heavy (non-hydrogen) atoms. The Balaban J connectivity index is 1.87. The number of aryl methyl sites for hydroxylation is 1. The van der Waals surface area contributed by atoms with Crippen molar-refractivity contribution in [1.29, 1.82) is 5.26 Å². The summed E-state index contributed by atoms with van der Waals surface area (Å²) in [6.07, 6.45) is 3.73. The van der Waals surface area contributed by atoms with E-state index >= 15 is 0 Å². The van der Waals surface area contributed by atoms with Crippen LogP contribution in [0.1, 0.15) is 37.6 Å². The Hall–Kier alpha value is -2.35. The van der Waals surface area contributed by atoms with Crippen LogP contribution >= 0.6 is 0 Å². The second kappa shape index (κ2) is 8.05. The van der Waals surface area contributed by atoms with Crippen molar-refractivity contribution in [2.75, 3.05) is 6.61 Å². The zero-order chi connectivity index (χ0) is 14.9. The summed E-state index contributed by atoms with van der Waals surface area (Å²) in [5, 5.41) is 17.1. The molecule has 0 bridgehead atoms. The van der Waals surface area contributed by atoms with E-state index in [4.69, 9.17) is 10.00 Å². The fraction of sp³-hybridized carbons (Fsp3) is 0.438. The lowest BCUT2D eigenvalue weighted by molar-refractivity contribution is 0.309. The van der Waals surface area contributed by atoms with Crippen molar-refractivity contribution in [2.45, 2.75) is 39.2 Å². The van der Waals surface area contributed by atoms with Crippen LogP contribution in [0.5, 0.6) is 5.75 Å². The van der Waals surface area contributed by atoms with Crippen LogP contribution in [-0.2, 0) is 13.0 Å². The standard InChI is InChI=1S/C16H20N4O/c1-2-3-11-20-16(15(13-17)18-19-20)10-7-12-21-14-8-5-4-6-9-14/h4-6,8-9H,2-3,7,10-12H2,1H3. The molecule has 0 saturated heterocycles. The lowest BCUT2D eigenvalue weighted by atomic mass is 10.2. The topological polar surface area (TPSA) is 63.7 Å². The molecule has 0 unspecified atom stereocenters. The minimum absolute atomic E-state index is 0.436. The van der Waals surface area contributed by atoms with Gasteiger partial charge in [0.05, 0.1) is 12.3 Å². The van der Waals surface area contributed by atoms with Crippen LogP contribution < -0.4 is 4.74 Å². The molecule has 1 heterocycles. The van der Waals surface area contributed by atoms with Gasteiger partial charge in [0.1, 0.15) is 11.8 Å². The van der Waals surface area contributed by atoms with E-state index in [9.17, 15) is 0 Å². The molecular weight excluding hydrogens is 264 g/mol. The number of nitrogens with zero attached hydrogens (tertiary/aromatic N) is 4. The average Bonchev–Trinajstić information content (AvgIpc) is 2.92. The zero-order valence-electron chi connectivity index (χ0n) is 12.3. The normalized spacial score (nSPS) is 10.3. The van der Waals surface area contributed by atoms with Crippen molar-refractivity contribution in [1.82, 2.24) is 15.0 Å². The first-order valence-electron chi connectivity index (χ1n) is 7.35. The van der Waals surface area contributed by atoms with E-state index in [0.29, 0.717) is 12.3 Å². The molecule has 5 heteroatoms. The van der Waals surface area contributed by atoms with Gasteiger partial charge in [0.15, 0.2) is 5.69 Å². The molecule has 0 saturated carbocycles. The Morgan fingerprint density at radius 3 is 2.76 bits per heavy atom. The van der Waals surface area contributed by atoms with Crippen LogP contribution in [0.2, 0.25) is 0 Å². The van der Waals surface area contributed by atoms with E-state index in [2.05, 4.69) is 23.3 Å². The largest absolute Gasteiger partial charge is 0.494 e. The number of hydrogen-bond donors (Lipinski definition) is 0. The van der Waals surface area contributed by atoms with E-state index < -0.39 is 0 Å². The smallest absolute Gasteiger partial charge is 0.185 e. The third-order valence-electron chi connectivity index (χ3n) is 3.24. The van der Waals surface area contributed by atoms with E-state index in [-0.39, 0.29) is 0 Å². The van der Waals surface area contributed by atoms with Gasteiger partial charge < -0.3 is 4.74 Å². The molecule has 0 atom stereocenters. The Bertz CT molecular complexity index is 586.